The molecule has 1 heterocycles. The number of thiophene rings is 1. The topological polar surface area (TPSA) is 15.3 Å². The maximum Gasteiger partial charge on any atom is 0.0328 e. The summed E-state index contributed by atoms with van der Waals surface area (Å²) in [4.78, 5) is 3.73. The van der Waals surface area contributed by atoms with Gasteiger partial charge in [-0.05, 0) is 47.2 Å². The molecule has 0 atom stereocenters. The van der Waals surface area contributed by atoms with Crippen LogP contribution in [0.1, 0.15) is 16.0 Å². The van der Waals surface area contributed by atoms with E-state index in [-0.39, 0.29) is 0 Å². The lowest BCUT2D eigenvalue weighted by atomic mass is 10.1. The maximum atomic E-state index is 3.50. The summed E-state index contributed by atoms with van der Waals surface area (Å²) in [7, 11) is 4.14. The summed E-state index contributed by atoms with van der Waals surface area (Å²) >= 11 is 5.30. The number of benzene rings is 1. The molecular weight excluding hydrogens is 320 g/mol. The average Bonchev–Trinajstić information content (AvgIpc) is 2.75. The van der Waals surface area contributed by atoms with Gasteiger partial charge in [-0.2, -0.15) is 0 Å². The number of nitrogens with one attached hydrogen (secondary N) is 1. The van der Waals surface area contributed by atoms with Crippen molar-refractivity contribution in [2.24, 2.45) is 0 Å². The van der Waals surface area contributed by atoms with Crippen LogP contribution in [0.4, 0.5) is 0 Å². The van der Waals surface area contributed by atoms with Gasteiger partial charge in [-0.25, -0.2) is 0 Å². The van der Waals surface area contributed by atoms with Crippen LogP contribution in [0.25, 0.3) is 0 Å². The van der Waals surface area contributed by atoms with Gasteiger partial charge in [0.15, 0.2) is 0 Å². The van der Waals surface area contributed by atoms with Crippen molar-refractivity contribution in [2.45, 2.75) is 19.6 Å². The number of nitrogens with zero attached hydrogens (tertiary/aromatic N) is 1. The third-order valence-corrected chi connectivity index (χ3v) is 4.55. The molecule has 102 valence electrons. The molecule has 0 amide bonds. The summed E-state index contributed by atoms with van der Waals surface area (Å²) in [6, 6.07) is 11.0. The molecule has 1 aromatic carbocycles. The molecule has 0 radical (unpaired) electrons. The highest BCUT2D eigenvalue weighted by Crippen LogP contribution is 2.21. The molecule has 0 aliphatic heterocycles. The number of halogens is 1. The predicted octanol–water partition coefficient (Wildman–Crippen LogP) is 3.86. The first kappa shape index (κ1) is 14.7. The molecule has 2 nitrogen and oxygen atoms in total. The maximum absolute atomic E-state index is 3.50. The van der Waals surface area contributed by atoms with Crippen molar-refractivity contribution >= 4 is 27.3 Å². The molecule has 0 saturated heterocycles. The van der Waals surface area contributed by atoms with Gasteiger partial charge < -0.3 is 5.32 Å². The molecule has 0 aliphatic rings. The van der Waals surface area contributed by atoms with Crippen LogP contribution < -0.4 is 5.32 Å². The first-order valence-corrected chi connectivity index (χ1v) is 7.98. The molecule has 0 unspecified atom stereocenters. The minimum Gasteiger partial charge on any atom is -0.316 e. The Kier molecular flexibility index (Phi) is 5.58. The quantitative estimate of drug-likeness (QED) is 0.860. The van der Waals surface area contributed by atoms with Gasteiger partial charge in [0.2, 0.25) is 0 Å². The number of hydrogen-bond donors (Lipinski definition) is 1. The highest BCUT2D eigenvalue weighted by atomic mass is 79.9. The van der Waals surface area contributed by atoms with E-state index in [0.29, 0.717) is 0 Å². The minimum absolute atomic E-state index is 0.926. The molecule has 0 bridgehead atoms. The van der Waals surface area contributed by atoms with Crippen molar-refractivity contribution in [1.82, 2.24) is 10.2 Å². The van der Waals surface area contributed by atoms with Gasteiger partial charge in [-0.3, -0.25) is 4.90 Å². The van der Waals surface area contributed by atoms with E-state index in [1.165, 1.54) is 20.5 Å². The normalized spacial score (nSPS) is 11.2. The van der Waals surface area contributed by atoms with Gasteiger partial charge in [-0.15, -0.1) is 11.3 Å². The third-order valence-electron chi connectivity index (χ3n) is 2.87. The van der Waals surface area contributed by atoms with Crippen molar-refractivity contribution in [3.63, 3.8) is 0 Å². The zero-order valence-electron chi connectivity index (χ0n) is 11.3. The number of rotatable bonds is 6. The molecule has 1 aromatic heterocycles. The zero-order chi connectivity index (χ0) is 13.7. The Morgan fingerprint density at radius 2 is 2.00 bits per heavy atom. The second-order valence-corrected chi connectivity index (χ2v) is 6.67. The van der Waals surface area contributed by atoms with Gasteiger partial charge in [0, 0.05) is 34.4 Å². The Morgan fingerprint density at radius 1 is 1.21 bits per heavy atom. The fourth-order valence-corrected chi connectivity index (χ4v) is 3.64. The summed E-state index contributed by atoms with van der Waals surface area (Å²) in [6.45, 7) is 2.90. The molecule has 0 spiro atoms. The summed E-state index contributed by atoms with van der Waals surface area (Å²) in [5.41, 5.74) is 2.71. The van der Waals surface area contributed by atoms with E-state index in [1.54, 1.807) is 11.3 Å². The minimum atomic E-state index is 0.926. The Bertz CT molecular complexity index is 524. The standard InChI is InChI=1S/C15H19BrN2S/c1-17-8-12-4-3-5-13(6-12)9-18(2)10-15-7-14(16)11-19-15/h3-7,11,17H,8-10H2,1-2H3. The molecule has 2 rings (SSSR count). The van der Waals surface area contributed by atoms with Gasteiger partial charge in [-0.1, -0.05) is 24.3 Å². The highest BCUT2D eigenvalue weighted by molar-refractivity contribution is 9.10. The van der Waals surface area contributed by atoms with Crippen LogP contribution >= 0.6 is 27.3 Å². The number of hydrogen-bond acceptors (Lipinski definition) is 3. The Morgan fingerprint density at radius 3 is 2.68 bits per heavy atom. The monoisotopic (exact) mass is 338 g/mol. The van der Waals surface area contributed by atoms with Crippen molar-refractivity contribution in [3.8, 4) is 0 Å². The van der Waals surface area contributed by atoms with Crippen molar-refractivity contribution < 1.29 is 0 Å². The van der Waals surface area contributed by atoms with Crippen LogP contribution in [0.2, 0.25) is 0 Å². The Balaban J connectivity index is 1.94. The fraction of sp³-hybridized carbons (Fsp3) is 0.333. The molecule has 19 heavy (non-hydrogen) atoms. The van der Waals surface area contributed by atoms with Crippen LogP contribution in [-0.2, 0) is 19.6 Å². The van der Waals surface area contributed by atoms with E-state index in [0.717, 1.165) is 19.6 Å². The molecule has 4 heteroatoms. The van der Waals surface area contributed by atoms with Crippen molar-refractivity contribution in [2.75, 3.05) is 14.1 Å². The molecule has 0 fully saturated rings. The summed E-state index contributed by atoms with van der Waals surface area (Å²) in [5, 5.41) is 5.33. The zero-order valence-corrected chi connectivity index (χ0v) is 13.7. The predicted molar refractivity (Wildman–Crippen MR) is 86.4 cm³/mol. The fourth-order valence-electron chi connectivity index (χ4n) is 2.11. The van der Waals surface area contributed by atoms with E-state index in [2.05, 4.69) is 68.9 Å². The third kappa shape index (κ3) is 4.73. The van der Waals surface area contributed by atoms with Crippen LogP contribution in [-0.4, -0.2) is 19.0 Å². The SMILES string of the molecule is CNCc1cccc(CN(C)Cc2cc(Br)cs2)c1. The smallest absolute Gasteiger partial charge is 0.0328 e. The van der Waals surface area contributed by atoms with E-state index >= 15 is 0 Å². The largest absolute Gasteiger partial charge is 0.316 e. The molecule has 1 N–H and O–H groups in total. The van der Waals surface area contributed by atoms with Gasteiger partial charge in [0.1, 0.15) is 0 Å². The molecular formula is C15H19BrN2S. The van der Waals surface area contributed by atoms with Crippen LogP contribution in [0.15, 0.2) is 40.2 Å². The van der Waals surface area contributed by atoms with E-state index in [9.17, 15) is 0 Å². The van der Waals surface area contributed by atoms with E-state index in [1.807, 2.05) is 7.05 Å². The van der Waals surface area contributed by atoms with Crippen molar-refractivity contribution in [3.05, 3.63) is 56.2 Å². The first-order valence-electron chi connectivity index (χ1n) is 6.31. The Labute approximate surface area is 127 Å². The first-order chi connectivity index (χ1) is 9.17. The lowest BCUT2D eigenvalue weighted by Crippen LogP contribution is -2.16. The van der Waals surface area contributed by atoms with Gasteiger partial charge in [0.05, 0.1) is 0 Å². The summed E-state index contributed by atoms with van der Waals surface area (Å²) in [5.74, 6) is 0. The van der Waals surface area contributed by atoms with Crippen molar-refractivity contribution in [1.29, 1.82) is 0 Å². The summed E-state index contributed by atoms with van der Waals surface area (Å²) < 4.78 is 1.18. The highest BCUT2D eigenvalue weighted by Gasteiger charge is 2.04. The second kappa shape index (κ2) is 7.20. The van der Waals surface area contributed by atoms with Crippen LogP contribution in [0.3, 0.4) is 0 Å². The van der Waals surface area contributed by atoms with Crippen LogP contribution in [0.5, 0.6) is 0 Å². The van der Waals surface area contributed by atoms with E-state index < -0.39 is 0 Å². The summed E-state index contributed by atoms with van der Waals surface area (Å²) in [6.07, 6.45) is 0. The second-order valence-electron chi connectivity index (χ2n) is 4.75. The van der Waals surface area contributed by atoms with E-state index in [4.69, 9.17) is 0 Å². The molecule has 0 aliphatic carbocycles. The molecule has 0 saturated carbocycles. The molecule has 2 aromatic rings. The lowest BCUT2D eigenvalue weighted by molar-refractivity contribution is 0.322. The van der Waals surface area contributed by atoms with Gasteiger partial charge >= 0.3 is 0 Å². The van der Waals surface area contributed by atoms with Crippen LogP contribution in [0, 0.1) is 0 Å². The average molecular weight is 339 g/mol. The van der Waals surface area contributed by atoms with Gasteiger partial charge in [0.25, 0.3) is 0 Å². The Hall–Kier alpha value is -0.680. The lowest BCUT2D eigenvalue weighted by Gasteiger charge is -2.16.